The van der Waals surface area contributed by atoms with Crippen molar-refractivity contribution in [2.75, 3.05) is 18.5 Å². The van der Waals surface area contributed by atoms with E-state index in [0.29, 0.717) is 17.4 Å². The number of hydrogen-bond donors (Lipinski definition) is 2. The molecule has 1 fully saturated rings. The fourth-order valence-electron chi connectivity index (χ4n) is 3.01. The van der Waals surface area contributed by atoms with E-state index in [0.717, 1.165) is 40.0 Å². The van der Waals surface area contributed by atoms with Crippen LogP contribution in [0.2, 0.25) is 5.02 Å². The number of carbonyl (C=O) groups excluding carboxylic acids is 1. The SMILES string of the molecule is NC(=O)c1nnc(NC2CCCOC2)c2cc(-c3ccc(Cl)cc3)sc12. The van der Waals surface area contributed by atoms with Crippen LogP contribution >= 0.6 is 22.9 Å². The van der Waals surface area contributed by atoms with Crippen LogP contribution in [0.25, 0.3) is 20.5 Å². The molecule has 3 heterocycles. The molecule has 1 aromatic carbocycles. The molecule has 4 rings (SSSR count). The first kappa shape index (κ1) is 17.2. The van der Waals surface area contributed by atoms with Crippen molar-refractivity contribution < 1.29 is 9.53 Å². The van der Waals surface area contributed by atoms with Gasteiger partial charge in [-0.25, -0.2) is 0 Å². The lowest BCUT2D eigenvalue weighted by atomic mass is 10.1. The van der Waals surface area contributed by atoms with E-state index in [1.807, 2.05) is 30.3 Å². The van der Waals surface area contributed by atoms with Crippen molar-refractivity contribution in [3.05, 3.63) is 41.0 Å². The fraction of sp³-hybridized carbons (Fsp3) is 0.278. The number of aromatic nitrogens is 2. The summed E-state index contributed by atoms with van der Waals surface area (Å²) in [7, 11) is 0. The van der Waals surface area contributed by atoms with E-state index in [-0.39, 0.29) is 11.7 Å². The Morgan fingerprint density at radius 3 is 2.81 bits per heavy atom. The van der Waals surface area contributed by atoms with Crippen LogP contribution in [0.15, 0.2) is 30.3 Å². The van der Waals surface area contributed by atoms with Crippen molar-refractivity contribution in [2.45, 2.75) is 18.9 Å². The average Bonchev–Trinajstić information content (AvgIpc) is 3.09. The van der Waals surface area contributed by atoms with E-state index >= 15 is 0 Å². The lowest BCUT2D eigenvalue weighted by Gasteiger charge is -2.23. The number of benzene rings is 1. The molecule has 6 nitrogen and oxygen atoms in total. The van der Waals surface area contributed by atoms with E-state index < -0.39 is 5.91 Å². The second-order valence-electron chi connectivity index (χ2n) is 6.18. The second-order valence-corrected chi connectivity index (χ2v) is 7.67. The number of halogens is 1. The van der Waals surface area contributed by atoms with Gasteiger partial charge in [-0.1, -0.05) is 23.7 Å². The highest BCUT2D eigenvalue weighted by atomic mass is 35.5. The summed E-state index contributed by atoms with van der Waals surface area (Å²) in [4.78, 5) is 12.8. The molecule has 3 N–H and O–H groups in total. The van der Waals surface area contributed by atoms with Gasteiger partial charge in [0, 0.05) is 21.9 Å². The molecular formula is C18H17ClN4O2S. The third-order valence-electron chi connectivity index (χ3n) is 4.32. The molecule has 1 saturated heterocycles. The molecule has 0 radical (unpaired) electrons. The Balaban J connectivity index is 1.78. The summed E-state index contributed by atoms with van der Waals surface area (Å²) in [6, 6.07) is 9.76. The molecule has 0 saturated carbocycles. The Morgan fingerprint density at radius 2 is 2.12 bits per heavy atom. The molecule has 26 heavy (non-hydrogen) atoms. The lowest BCUT2D eigenvalue weighted by molar-refractivity contribution is 0.0875. The van der Waals surface area contributed by atoms with Crippen LogP contribution in [-0.4, -0.2) is 35.4 Å². The zero-order valence-corrected chi connectivity index (χ0v) is 15.4. The molecule has 1 aliphatic rings. The van der Waals surface area contributed by atoms with Crippen LogP contribution in [0.1, 0.15) is 23.3 Å². The van der Waals surface area contributed by atoms with Crippen LogP contribution in [-0.2, 0) is 4.74 Å². The molecule has 1 atom stereocenters. The summed E-state index contributed by atoms with van der Waals surface area (Å²) >= 11 is 7.45. The predicted octanol–water partition coefficient (Wildman–Crippen LogP) is 3.70. The normalized spacial score (nSPS) is 17.3. The first-order valence-electron chi connectivity index (χ1n) is 8.32. The smallest absolute Gasteiger partial charge is 0.270 e. The van der Waals surface area contributed by atoms with Crippen molar-refractivity contribution in [3.8, 4) is 10.4 Å². The maximum absolute atomic E-state index is 11.8. The van der Waals surface area contributed by atoms with Gasteiger partial charge in [0.2, 0.25) is 0 Å². The second kappa shape index (κ2) is 7.19. The molecule has 1 amide bonds. The Kier molecular flexibility index (Phi) is 4.76. The molecule has 0 spiro atoms. The molecule has 1 unspecified atom stereocenters. The Morgan fingerprint density at radius 1 is 1.31 bits per heavy atom. The number of anilines is 1. The average molecular weight is 389 g/mol. The van der Waals surface area contributed by atoms with Crippen LogP contribution in [0.4, 0.5) is 5.82 Å². The minimum Gasteiger partial charge on any atom is -0.379 e. The van der Waals surface area contributed by atoms with E-state index in [4.69, 9.17) is 22.1 Å². The number of amides is 1. The number of nitrogens with two attached hydrogens (primary N) is 1. The summed E-state index contributed by atoms with van der Waals surface area (Å²) in [5.41, 5.74) is 6.69. The summed E-state index contributed by atoms with van der Waals surface area (Å²) < 4.78 is 6.25. The fourth-order valence-corrected chi connectivity index (χ4v) is 4.29. The largest absolute Gasteiger partial charge is 0.379 e. The minimum atomic E-state index is -0.584. The lowest BCUT2D eigenvalue weighted by Crippen LogP contribution is -2.30. The minimum absolute atomic E-state index is 0.180. The quantitative estimate of drug-likeness (QED) is 0.711. The highest BCUT2D eigenvalue weighted by Gasteiger charge is 2.20. The summed E-state index contributed by atoms with van der Waals surface area (Å²) in [6.07, 6.45) is 2.02. The van der Waals surface area contributed by atoms with Gasteiger partial charge < -0.3 is 15.8 Å². The van der Waals surface area contributed by atoms with Crippen molar-refractivity contribution >= 4 is 44.7 Å². The highest BCUT2D eigenvalue weighted by molar-refractivity contribution is 7.22. The summed E-state index contributed by atoms with van der Waals surface area (Å²) in [6.45, 7) is 1.42. The predicted molar refractivity (Wildman–Crippen MR) is 104 cm³/mol. The number of fused-ring (bicyclic) bond motifs is 1. The van der Waals surface area contributed by atoms with Crippen molar-refractivity contribution in [2.24, 2.45) is 5.73 Å². The third-order valence-corrected chi connectivity index (χ3v) is 5.76. The van der Waals surface area contributed by atoms with Gasteiger partial charge in [0.1, 0.15) is 0 Å². The molecule has 1 aliphatic heterocycles. The van der Waals surface area contributed by atoms with Gasteiger partial charge in [0.25, 0.3) is 5.91 Å². The Labute approximate surface area is 159 Å². The van der Waals surface area contributed by atoms with Crippen LogP contribution in [0.5, 0.6) is 0 Å². The monoisotopic (exact) mass is 388 g/mol. The highest BCUT2D eigenvalue weighted by Crippen LogP contribution is 2.38. The zero-order chi connectivity index (χ0) is 18.1. The maximum atomic E-state index is 11.8. The number of thiophene rings is 1. The van der Waals surface area contributed by atoms with E-state index in [1.54, 1.807) is 0 Å². The van der Waals surface area contributed by atoms with E-state index in [9.17, 15) is 4.79 Å². The molecule has 3 aromatic rings. The van der Waals surface area contributed by atoms with Gasteiger partial charge in [0.05, 0.1) is 17.3 Å². The summed E-state index contributed by atoms with van der Waals surface area (Å²) in [5, 5.41) is 13.2. The third kappa shape index (κ3) is 3.38. The van der Waals surface area contributed by atoms with Gasteiger partial charge in [-0.3, -0.25) is 4.79 Å². The van der Waals surface area contributed by atoms with Crippen LogP contribution in [0, 0.1) is 0 Å². The number of ether oxygens (including phenoxy) is 1. The van der Waals surface area contributed by atoms with E-state index in [2.05, 4.69) is 15.5 Å². The number of nitrogens with zero attached hydrogens (tertiary/aromatic N) is 2. The molecule has 0 aliphatic carbocycles. The number of hydrogen-bond acceptors (Lipinski definition) is 6. The summed E-state index contributed by atoms with van der Waals surface area (Å²) in [5.74, 6) is 0.0662. The molecule has 134 valence electrons. The van der Waals surface area contributed by atoms with Gasteiger partial charge in [-0.05, 0) is 36.6 Å². The zero-order valence-electron chi connectivity index (χ0n) is 13.9. The molecule has 2 aromatic heterocycles. The number of primary amides is 1. The van der Waals surface area contributed by atoms with Crippen LogP contribution < -0.4 is 11.1 Å². The van der Waals surface area contributed by atoms with Crippen molar-refractivity contribution in [3.63, 3.8) is 0 Å². The first-order chi connectivity index (χ1) is 12.6. The number of nitrogens with one attached hydrogen (secondary N) is 1. The van der Waals surface area contributed by atoms with Gasteiger partial charge >= 0.3 is 0 Å². The van der Waals surface area contributed by atoms with Crippen LogP contribution in [0.3, 0.4) is 0 Å². The Hall–Kier alpha value is -2.22. The standard InChI is InChI=1S/C18H17ClN4O2S/c19-11-5-3-10(4-6-11)14-8-13-16(26-14)15(17(20)24)22-23-18(13)21-12-2-1-7-25-9-12/h3-6,8,12H,1-2,7,9H2,(H2,20,24)(H,21,23). The maximum Gasteiger partial charge on any atom is 0.270 e. The topological polar surface area (TPSA) is 90.1 Å². The number of carbonyl (C=O) groups is 1. The van der Waals surface area contributed by atoms with Gasteiger partial charge in [-0.2, -0.15) is 0 Å². The van der Waals surface area contributed by atoms with Gasteiger partial charge in [-0.15, -0.1) is 21.5 Å². The van der Waals surface area contributed by atoms with Crippen molar-refractivity contribution in [1.82, 2.24) is 10.2 Å². The van der Waals surface area contributed by atoms with Crippen molar-refractivity contribution in [1.29, 1.82) is 0 Å². The van der Waals surface area contributed by atoms with Gasteiger partial charge in [0.15, 0.2) is 11.5 Å². The first-order valence-corrected chi connectivity index (χ1v) is 9.51. The molecule has 0 bridgehead atoms. The molecular weight excluding hydrogens is 372 g/mol. The molecule has 8 heteroatoms. The van der Waals surface area contributed by atoms with E-state index in [1.165, 1.54) is 11.3 Å². The Bertz CT molecular complexity index is 952. The number of rotatable bonds is 4.